The van der Waals surface area contributed by atoms with Crippen molar-refractivity contribution < 1.29 is 9.53 Å². The van der Waals surface area contributed by atoms with Crippen LogP contribution < -0.4 is 10.1 Å². The summed E-state index contributed by atoms with van der Waals surface area (Å²) >= 11 is 1.39. The molecule has 1 aromatic heterocycles. The van der Waals surface area contributed by atoms with Crippen LogP contribution in [-0.2, 0) is 11.3 Å². The summed E-state index contributed by atoms with van der Waals surface area (Å²) in [6.07, 6.45) is 0.962. The first kappa shape index (κ1) is 19.9. The highest BCUT2D eigenvalue weighted by molar-refractivity contribution is 7.99. The van der Waals surface area contributed by atoms with Crippen LogP contribution in [0.25, 0.3) is 11.4 Å². The monoisotopic (exact) mass is 396 g/mol. The highest BCUT2D eigenvalue weighted by Crippen LogP contribution is 2.24. The lowest BCUT2D eigenvalue weighted by atomic mass is 10.2. The molecule has 28 heavy (non-hydrogen) atoms. The molecule has 146 valence electrons. The lowest BCUT2D eigenvalue weighted by Gasteiger charge is -2.09. The van der Waals surface area contributed by atoms with E-state index in [1.165, 1.54) is 11.8 Å². The molecule has 0 spiro atoms. The number of rotatable bonds is 9. The molecule has 0 atom stereocenters. The third-order valence-electron chi connectivity index (χ3n) is 3.98. The van der Waals surface area contributed by atoms with Crippen LogP contribution >= 0.6 is 11.8 Å². The third-order valence-corrected chi connectivity index (χ3v) is 4.94. The van der Waals surface area contributed by atoms with Crippen molar-refractivity contribution in [1.82, 2.24) is 14.8 Å². The number of carbonyl (C=O) groups is 1. The average molecular weight is 397 g/mol. The fourth-order valence-corrected chi connectivity index (χ4v) is 3.51. The molecule has 0 bridgehead atoms. The van der Waals surface area contributed by atoms with Crippen LogP contribution in [0.5, 0.6) is 5.75 Å². The first-order valence-electron chi connectivity index (χ1n) is 9.35. The Balaban J connectivity index is 1.63. The van der Waals surface area contributed by atoms with Crippen LogP contribution in [0.2, 0.25) is 0 Å². The zero-order valence-electron chi connectivity index (χ0n) is 16.1. The highest BCUT2D eigenvalue weighted by atomic mass is 32.2. The molecule has 0 saturated carbocycles. The molecule has 1 heterocycles. The van der Waals surface area contributed by atoms with Gasteiger partial charge in [-0.05, 0) is 37.6 Å². The summed E-state index contributed by atoms with van der Waals surface area (Å²) in [7, 11) is 0. The molecule has 0 saturated heterocycles. The van der Waals surface area contributed by atoms with E-state index >= 15 is 0 Å². The Morgan fingerprint density at radius 2 is 1.82 bits per heavy atom. The number of benzene rings is 2. The molecule has 3 aromatic rings. The standard InChI is InChI=1S/C21H24N4O2S/c1-3-14-25-20(16-8-6-5-7-9-16)23-24-21(25)28-15-19(26)22-17-10-12-18(13-11-17)27-4-2/h5-13H,3-4,14-15H2,1-2H3,(H,22,26). The minimum absolute atomic E-state index is 0.0820. The summed E-state index contributed by atoms with van der Waals surface area (Å²) in [6.45, 7) is 5.47. The predicted octanol–water partition coefficient (Wildman–Crippen LogP) is 4.48. The minimum atomic E-state index is -0.0820. The van der Waals surface area contributed by atoms with E-state index in [4.69, 9.17) is 4.74 Å². The van der Waals surface area contributed by atoms with E-state index < -0.39 is 0 Å². The second-order valence-electron chi connectivity index (χ2n) is 6.12. The van der Waals surface area contributed by atoms with Crippen LogP contribution in [0, 0.1) is 0 Å². The molecule has 0 fully saturated rings. The number of nitrogens with zero attached hydrogens (tertiary/aromatic N) is 3. The average Bonchev–Trinajstić information content (AvgIpc) is 3.12. The number of hydrogen-bond acceptors (Lipinski definition) is 5. The van der Waals surface area contributed by atoms with E-state index in [1.807, 2.05) is 61.5 Å². The van der Waals surface area contributed by atoms with Gasteiger partial charge in [0, 0.05) is 17.8 Å². The smallest absolute Gasteiger partial charge is 0.234 e. The fourth-order valence-electron chi connectivity index (χ4n) is 2.75. The maximum Gasteiger partial charge on any atom is 0.234 e. The van der Waals surface area contributed by atoms with Gasteiger partial charge in [0.1, 0.15) is 5.75 Å². The van der Waals surface area contributed by atoms with Crippen molar-refractivity contribution in [2.75, 3.05) is 17.7 Å². The van der Waals surface area contributed by atoms with Gasteiger partial charge < -0.3 is 14.6 Å². The molecule has 1 N–H and O–H groups in total. The lowest BCUT2D eigenvalue weighted by molar-refractivity contribution is -0.113. The molecule has 2 aromatic carbocycles. The van der Waals surface area contributed by atoms with Crippen molar-refractivity contribution in [3.05, 3.63) is 54.6 Å². The van der Waals surface area contributed by atoms with Gasteiger partial charge in [0.2, 0.25) is 5.91 Å². The van der Waals surface area contributed by atoms with Crippen LogP contribution in [0.15, 0.2) is 59.8 Å². The Morgan fingerprint density at radius 3 is 2.50 bits per heavy atom. The molecule has 3 rings (SSSR count). The van der Waals surface area contributed by atoms with Gasteiger partial charge in [0.05, 0.1) is 12.4 Å². The van der Waals surface area contributed by atoms with Crippen LogP contribution in [-0.4, -0.2) is 33.0 Å². The predicted molar refractivity (Wildman–Crippen MR) is 113 cm³/mol. The molecule has 6 nitrogen and oxygen atoms in total. The molecular formula is C21H24N4O2S. The topological polar surface area (TPSA) is 69.0 Å². The largest absolute Gasteiger partial charge is 0.494 e. The van der Waals surface area contributed by atoms with Gasteiger partial charge >= 0.3 is 0 Å². The Bertz CT molecular complexity index is 895. The number of anilines is 1. The SMILES string of the molecule is CCCn1c(SCC(=O)Nc2ccc(OCC)cc2)nnc1-c1ccccc1. The van der Waals surface area contributed by atoms with E-state index in [0.717, 1.165) is 40.9 Å². The van der Waals surface area contributed by atoms with Gasteiger partial charge in [-0.3, -0.25) is 4.79 Å². The van der Waals surface area contributed by atoms with Gasteiger partial charge in [-0.1, -0.05) is 49.0 Å². The first-order chi connectivity index (χ1) is 13.7. The lowest BCUT2D eigenvalue weighted by Crippen LogP contribution is -2.14. The molecule has 0 aliphatic heterocycles. The molecule has 7 heteroatoms. The Kier molecular flexibility index (Phi) is 7.08. The maximum atomic E-state index is 12.3. The van der Waals surface area contributed by atoms with E-state index in [-0.39, 0.29) is 11.7 Å². The maximum absolute atomic E-state index is 12.3. The number of thioether (sulfide) groups is 1. The summed E-state index contributed by atoms with van der Waals surface area (Å²) in [6, 6.07) is 17.3. The molecule has 0 unspecified atom stereocenters. The van der Waals surface area contributed by atoms with Crippen LogP contribution in [0.4, 0.5) is 5.69 Å². The number of ether oxygens (including phenoxy) is 1. The summed E-state index contributed by atoms with van der Waals surface area (Å²) in [5, 5.41) is 12.3. The van der Waals surface area contributed by atoms with Gasteiger partial charge in [-0.15, -0.1) is 10.2 Å². The van der Waals surface area contributed by atoms with Crippen LogP contribution in [0.1, 0.15) is 20.3 Å². The van der Waals surface area contributed by atoms with Crippen molar-refractivity contribution >= 4 is 23.4 Å². The minimum Gasteiger partial charge on any atom is -0.494 e. The van der Waals surface area contributed by atoms with Crippen LogP contribution in [0.3, 0.4) is 0 Å². The number of carbonyl (C=O) groups excluding carboxylic acids is 1. The normalized spacial score (nSPS) is 10.6. The summed E-state index contributed by atoms with van der Waals surface area (Å²) in [5.41, 5.74) is 1.77. The Labute approximate surface area is 169 Å². The summed E-state index contributed by atoms with van der Waals surface area (Å²) in [4.78, 5) is 12.3. The number of nitrogens with one attached hydrogen (secondary N) is 1. The number of amides is 1. The summed E-state index contributed by atoms with van der Waals surface area (Å²) in [5.74, 6) is 1.80. The molecule has 0 aliphatic carbocycles. The fraction of sp³-hybridized carbons (Fsp3) is 0.286. The summed E-state index contributed by atoms with van der Waals surface area (Å²) < 4.78 is 7.48. The van der Waals surface area contributed by atoms with Crippen molar-refractivity contribution in [3.63, 3.8) is 0 Å². The van der Waals surface area contributed by atoms with E-state index in [2.05, 4.69) is 27.0 Å². The zero-order chi connectivity index (χ0) is 19.8. The van der Waals surface area contributed by atoms with Crippen molar-refractivity contribution in [2.45, 2.75) is 32.0 Å². The van der Waals surface area contributed by atoms with Crippen molar-refractivity contribution in [2.24, 2.45) is 0 Å². The zero-order valence-corrected chi connectivity index (χ0v) is 16.9. The molecule has 0 radical (unpaired) electrons. The second kappa shape index (κ2) is 9.94. The van der Waals surface area contributed by atoms with E-state index in [0.29, 0.717) is 6.61 Å². The van der Waals surface area contributed by atoms with Gasteiger partial charge in [-0.25, -0.2) is 0 Å². The van der Waals surface area contributed by atoms with E-state index in [1.54, 1.807) is 0 Å². The van der Waals surface area contributed by atoms with Gasteiger partial charge in [0.15, 0.2) is 11.0 Å². The highest BCUT2D eigenvalue weighted by Gasteiger charge is 2.15. The first-order valence-corrected chi connectivity index (χ1v) is 10.3. The Hall–Kier alpha value is -2.80. The van der Waals surface area contributed by atoms with E-state index in [9.17, 15) is 4.79 Å². The molecular weight excluding hydrogens is 372 g/mol. The quantitative estimate of drug-likeness (QED) is 0.540. The number of aromatic nitrogens is 3. The van der Waals surface area contributed by atoms with Crippen molar-refractivity contribution in [1.29, 1.82) is 0 Å². The molecule has 1 amide bonds. The number of hydrogen-bond donors (Lipinski definition) is 1. The van der Waals surface area contributed by atoms with Crippen molar-refractivity contribution in [3.8, 4) is 17.1 Å². The Morgan fingerprint density at radius 1 is 1.07 bits per heavy atom. The molecule has 0 aliphatic rings. The third kappa shape index (κ3) is 5.13. The van der Waals surface area contributed by atoms with Gasteiger partial charge in [-0.2, -0.15) is 0 Å². The second-order valence-corrected chi connectivity index (χ2v) is 7.06. The van der Waals surface area contributed by atoms with Gasteiger partial charge in [0.25, 0.3) is 0 Å².